The van der Waals surface area contributed by atoms with Crippen LogP contribution in [-0.2, 0) is 0 Å². The van der Waals surface area contributed by atoms with Gasteiger partial charge in [0.15, 0.2) is 5.01 Å². The topological polar surface area (TPSA) is 59.8 Å². The number of hydrogen-bond acceptors (Lipinski definition) is 5. The number of anilines is 1. The van der Waals surface area contributed by atoms with E-state index in [1.54, 1.807) is 0 Å². The Bertz CT molecular complexity index is 728. The van der Waals surface area contributed by atoms with Crippen molar-refractivity contribution in [2.24, 2.45) is 0 Å². The summed E-state index contributed by atoms with van der Waals surface area (Å²) in [7, 11) is 0. The molecule has 1 fully saturated rings. The molecule has 5 nitrogen and oxygen atoms in total. The Kier molecular flexibility index (Phi) is 3.57. The van der Waals surface area contributed by atoms with Crippen LogP contribution >= 0.6 is 11.3 Å². The fourth-order valence-electron chi connectivity index (χ4n) is 2.58. The van der Waals surface area contributed by atoms with E-state index in [0.29, 0.717) is 22.7 Å². The Morgan fingerprint density at radius 2 is 2.05 bits per heavy atom. The van der Waals surface area contributed by atoms with E-state index in [4.69, 9.17) is 0 Å². The molecular formula is C15H20N4OS. The molecule has 21 heavy (non-hydrogen) atoms. The molecule has 0 atom stereocenters. The van der Waals surface area contributed by atoms with Gasteiger partial charge >= 0.3 is 0 Å². The predicted octanol–water partition coefficient (Wildman–Crippen LogP) is 3.14. The molecule has 1 aliphatic rings. The fourth-order valence-corrected chi connectivity index (χ4v) is 3.57. The van der Waals surface area contributed by atoms with Gasteiger partial charge in [-0.3, -0.25) is 4.79 Å². The monoisotopic (exact) mass is 304 g/mol. The Balaban J connectivity index is 2.07. The molecule has 2 aromatic heterocycles. The zero-order chi connectivity index (χ0) is 15.1. The number of pyridine rings is 1. The van der Waals surface area contributed by atoms with Crippen molar-refractivity contribution in [3.05, 3.63) is 27.7 Å². The van der Waals surface area contributed by atoms with E-state index in [-0.39, 0.29) is 5.56 Å². The maximum Gasteiger partial charge on any atom is 0.261 e. The summed E-state index contributed by atoms with van der Waals surface area (Å²) in [5.41, 5.74) is 2.78. The Hall–Kier alpha value is -1.69. The summed E-state index contributed by atoms with van der Waals surface area (Å²) in [6.45, 7) is 8.08. The van der Waals surface area contributed by atoms with Gasteiger partial charge in [0, 0.05) is 17.8 Å². The normalized spacial score (nSPS) is 14.7. The van der Waals surface area contributed by atoms with Crippen molar-refractivity contribution >= 4 is 16.5 Å². The second-order valence-electron chi connectivity index (χ2n) is 5.96. The first kappa shape index (κ1) is 14.3. The highest BCUT2D eigenvalue weighted by molar-refractivity contribution is 7.18. The number of aromatic nitrogens is 3. The summed E-state index contributed by atoms with van der Waals surface area (Å²) in [5, 5.41) is 13.0. The zero-order valence-electron chi connectivity index (χ0n) is 12.8. The third kappa shape index (κ3) is 2.72. The summed E-state index contributed by atoms with van der Waals surface area (Å²) in [6.07, 6.45) is 2.19. The smallest absolute Gasteiger partial charge is 0.261 e. The van der Waals surface area contributed by atoms with Crippen LogP contribution in [-0.4, -0.2) is 20.8 Å². The molecule has 0 aromatic carbocycles. The third-order valence-electron chi connectivity index (χ3n) is 3.60. The van der Waals surface area contributed by atoms with Gasteiger partial charge in [0.25, 0.3) is 5.56 Å². The highest BCUT2D eigenvalue weighted by Gasteiger charge is 2.28. The van der Waals surface area contributed by atoms with Crippen LogP contribution < -0.4 is 10.9 Å². The maximum atomic E-state index is 12.8. The van der Waals surface area contributed by atoms with E-state index < -0.39 is 0 Å². The van der Waals surface area contributed by atoms with Gasteiger partial charge in [-0.2, -0.15) is 0 Å². The zero-order valence-corrected chi connectivity index (χ0v) is 13.6. The SMILES string of the molecule is Cc1cc(C)n(C2CC2)c(=O)c1-c1nnc(NC(C)C)s1. The average Bonchev–Trinajstić information content (AvgIpc) is 3.09. The second kappa shape index (κ2) is 5.26. The van der Waals surface area contributed by atoms with Crippen molar-refractivity contribution in [3.63, 3.8) is 0 Å². The Labute approximate surface area is 128 Å². The minimum atomic E-state index is 0.0715. The van der Waals surface area contributed by atoms with Gasteiger partial charge in [0.2, 0.25) is 5.13 Å². The van der Waals surface area contributed by atoms with Crippen LogP contribution in [0.25, 0.3) is 10.6 Å². The maximum absolute atomic E-state index is 12.8. The highest BCUT2D eigenvalue weighted by Crippen LogP contribution is 2.36. The van der Waals surface area contributed by atoms with Gasteiger partial charge < -0.3 is 9.88 Å². The van der Waals surface area contributed by atoms with Gasteiger partial charge in [-0.05, 0) is 52.2 Å². The van der Waals surface area contributed by atoms with E-state index in [9.17, 15) is 4.79 Å². The van der Waals surface area contributed by atoms with Crippen LogP contribution in [0, 0.1) is 13.8 Å². The van der Waals surface area contributed by atoms with Crippen LogP contribution in [0.5, 0.6) is 0 Å². The molecule has 0 spiro atoms. The lowest BCUT2D eigenvalue weighted by atomic mass is 10.1. The first-order chi connectivity index (χ1) is 9.97. The molecular weight excluding hydrogens is 284 g/mol. The predicted molar refractivity (Wildman–Crippen MR) is 86.1 cm³/mol. The summed E-state index contributed by atoms with van der Waals surface area (Å²) in [6, 6.07) is 2.75. The van der Waals surface area contributed by atoms with Crippen molar-refractivity contribution in [1.29, 1.82) is 0 Å². The van der Waals surface area contributed by atoms with Gasteiger partial charge in [-0.25, -0.2) is 0 Å². The van der Waals surface area contributed by atoms with Gasteiger partial charge in [0.05, 0.1) is 5.56 Å². The number of rotatable bonds is 4. The van der Waals surface area contributed by atoms with Crippen LogP contribution in [0.1, 0.15) is 44.0 Å². The van der Waals surface area contributed by atoms with E-state index in [1.807, 2.05) is 18.4 Å². The molecule has 2 heterocycles. The molecule has 2 aromatic rings. The Morgan fingerprint density at radius 3 is 2.67 bits per heavy atom. The molecule has 1 aliphatic carbocycles. The molecule has 6 heteroatoms. The van der Waals surface area contributed by atoms with E-state index in [1.165, 1.54) is 11.3 Å². The first-order valence-electron chi connectivity index (χ1n) is 7.30. The van der Waals surface area contributed by atoms with Crippen molar-refractivity contribution in [2.75, 3.05) is 5.32 Å². The first-order valence-corrected chi connectivity index (χ1v) is 8.12. The molecule has 3 rings (SSSR count). The molecule has 1 saturated carbocycles. The summed E-state index contributed by atoms with van der Waals surface area (Å²) in [5.74, 6) is 0. The number of nitrogens with zero attached hydrogens (tertiary/aromatic N) is 3. The minimum absolute atomic E-state index is 0.0715. The number of hydrogen-bond donors (Lipinski definition) is 1. The molecule has 0 bridgehead atoms. The molecule has 0 unspecified atom stereocenters. The summed E-state index contributed by atoms with van der Waals surface area (Å²) >= 11 is 1.44. The molecule has 112 valence electrons. The van der Waals surface area contributed by atoms with E-state index in [2.05, 4.69) is 35.4 Å². The number of aryl methyl sites for hydroxylation is 2. The molecule has 0 aliphatic heterocycles. The third-order valence-corrected chi connectivity index (χ3v) is 4.47. The van der Waals surface area contributed by atoms with Crippen LogP contribution in [0.2, 0.25) is 0 Å². The van der Waals surface area contributed by atoms with Crippen LogP contribution in [0.3, 0.4) is 0 Å². The molecule has 0 saturated heterocycles. The Morgan fingerprint density at radius 1 is 1.33 bits per heavy atom. The lowest BCUT2D eigenvalue weighted by Crippen LogP contribution is -2.24. The minimum Gasteiger partial charge on any atom is -0.358 e. The molecule has 1 N–H and O–H groups in total. The molecule has 0 amide bonds. The lowest BCUT2D eigenvalue weighted by molar-refractivity contribution is 0.681. The van der Waals surface area contributed by atoms with Crippen molar-refractivity contribution < 1.29 is 0 Å². The average molecular weight is 304 g/mol. The highest BCUT2D eigenvalue weighted by atomic mass is 32.1. The lowest BCUT2D eigenvalue weighted by Gasteiger charge is -2.12. The van der Waals surface area contributed by atoms with Crippen molar-refractivity contribution in [2.45, 2.75) is 52.6 Å². The van der Waals surface area contributed by atoms with Gasteiger partial charge in [0.1, 0.15) is 0 Å². The number of nitrogens with one attached hydrogen (secondary N) is 1. The quantitative estimate of drug-likeness (QED) is 0.942. The fraction of sp³-hybridized carbons (Fsp3) is 0.533. The van der Waals surface area contributed by atoms with E-state index in [0.717, 1.165) is 29.2 Å². The van der Waals surface area contributed by atoms with Crippen molar-refractivity contribution in [3.8, 4) is 10.6 Å². The van der Waals surface area contributed by atoms with Crippen LogP contribution in [0.4, 0.5) is 5.13 Å². The van der Waals surface area contributed by atoms with Crippen LogP contribution in [0.15, 0.2) is 10.9 Å². The van der Waals surface area contributed by atoms with E-state index >= 15 is 0 Å². The van der Waals surface area contributed by atoms with Gasteiger partial charge in [-0.15, -0.1) is 10.2 Å². The standard InChI is InChI=1S/C15H20N4OS/c1-8(2)16-15-18-17-13(21-15)12-9(3)7-10(4)19(14(12)20)11-5-6-11/h7-8,11H,5-6H2,1-4H3,(H,16,18). The second-order valence-corrected chi connectivity index (χ2v) is 6.94. The summed E-state index contributed by atoms with van der Waals surface area (Å²) in [4.78, 5) is 12.8. The summed E-state index contributed by atoms with van der Waals surface area (Å²) < 4.78 is 1.92. The largest absolute Gasteiger partial charge is 0.358 e. The van der Waals surface area contributed by atoms with Crippen molar-refractivity contribution in [1.82, 2.24) is 14.8 Å². The molecule has 0 radical (unpaired) electrons. The van der Waals surface area contributed by atoms with Gasteiger partial charge in [-0.1, -0.05) is 11.3 Å².